The van der Waals surface area contributed by atoms with Gasteiger partial charge in [-0.3, -0.25) is 0 Å². The van der Waals surface area contributed by atoms with Gasteiger partial charge in [0.05, 0.1) is 17.9 Å². The minimum Gasteiger partial charge on any atom is -0.372 e. The molecule has 6 nitrogen and oxygen atoms in total. The SMILES string of the molecule is CC1CN(C(N)=Nc2cc(C(C)(C)c3ccc(-c4ccccc4F)cc3)no2)CC(C)O1. The minimum atomic E-state index is -0.429. The van der Waals surface area contributed by atoms with Crippen molar-refractivity contribution < 1.29 is 13.7 Å². The highest BCUT2D eigenvalue weighted by atomic mass is 19.1. The van der Waals surface area contributed by atoms with Crippen LogP contribution >= 0.6 is 0 Å². The fraction of sp³-hybridized carbons (Fsp3) is 0.360. The van der Waals surface area contributed by atoms with E-state index in [0.29, 0.717) is 30.5 Å². The Balaban J connectivity index is 1.53. The standard InChI is InChI=1S/C25H29FN4O2/c1-16-14-30(15-17(2)31-16)24(27)28-23-13-22(29-32-23)25(3,4)19-11-9-18(10-12-19)20-7-5-6-8-21(20)26/h5-13,16-17H,14-15H2,1-4H3,(H2,27,28). The summed E-state index contributed by atoms with van der Waals surface area (Å²) < 4.78 is 25.3. The molecule has 1 saturated heterocycles. The largest absolute Gasteiger partial charge is 0.372 e. The van der Waals surface area contributed by atoms with Crippen molar-refractivity contribution in [1.82, 2.24) is 10.1 Å². The summed E-state index contributed by atoms with van der Waals surface area (Å²) in [6.45, 7) is 9.52. The summed E-state index contributed by atoms with van der Waals surface area (Å²) >= 11 is 0. The normalized spacial score (nSPS) is 19.9. The summed E-state index contributed by atoms with van der Waals surface area (Å²) in [5, 5.41) is 4.25. The van der Waals surface area contributed by atoms with Crippen molar-refractivity contribution in [2.45, 2.75) is 45.3 Å². The summed E-state index contributed by atoms with van der Waals surface area (Å²) in [4.78, 5) is 6.43. The maximum absolute atomic E-state index is 14.1. The van der Waals surface area contributed by atoms with Crippen LogP contribution in [0.4, 0.5) is 10.3 Å². The molecule has 0 radical (unpaired) electrons. The van der Waals surface area contributed by atoms with Gasteiger partial charge in [-0.1, -0.05) is 61.5 Å². The van der Waals surface area contributed by atoms with E-state index in [1.807, 2.05) is 55.1 Å². The van der Waals surface area contributed by atoms with E-state index in [1.165, 1.54) is 6.07 Å². The molecule has 0 amide bonds. The van der Waals surface area contributed by atoms with E-state index < -0.39 is 5.41 Å². The first-order chi connectivity index (χ1) is 15.2. The van der Waals surface area contributed by atoms with Crippen LogP contribution in [0.2, 0.25) is 0 Å². The van der Waals surface area contributed by atoms with Crippen LogP contribution in [0.25, 0.3) is 11.1 Å². The molecule has 0 bridgehead atoms. The predicted octanol–water partition coefficient (Wildman–Crippen LogP) is 4.86. The molecular weight excluding hydrogens is 407 g/mol. The Morgan fingerprint density at radius 1 is 1.09 bits per heavy atom. The molecule has 1 aliphatic rings. The topological polar surface area (TPSA) is 76.9 Å². The summed E-state index contributed by atoms with van der Waals surface area (Å²) in [7, 11) is 0. The lowest BCUT2D eigenvalue weighted by atomic mass is 9.81. The maximum atomic E-state index is 14.1. The van der Waals surface area contributed by atoms with Crippen molar-refractivity contribution in [2.24, 2.45) is 10.7 Å². The van der Waals surface area contributed by atoms with Gasteiger partial charge in [-0.2, -0.15) is 4.99 Å². The lowest BCUT2D eigenvalue weighted by molar-refractivity contribution is -0.0483. The molecule has 2 N–H and O–H groups in total. The third kappa shape index (κ3) is 4.53. The highest BCUT2D eigenvalue weighted by Crippen LogP contribution is 2.34. The first-order valence-electron chi connectivity index (χ1n) is 10.8. The third-order valence-corrected chi connectivity index (χ3v) is 5.90. The monoisotopic (exact) mass is 436 g/mol. The van der Waals surface area contributed by atoms with Crippen molar-refractivity contribution >= 4 is 11.8 Å². The van der Waals surface area contributed by atoms with E-state index in [-0.39, 0.29) is 18.0 Å². The number of ether oxygens (including phenoxy) is 1. The molecule has 0 spiro atoms. The number of benzene rings is 2. The van der Waals surface area contributed by atoms with Crippen LogP contribution in [0.15, 0.2) is 64.1 Å². The van der Waals surface area contributed by atoms with Crippen LogP contribution in [-0.4, -0.2) is 41.3 Å². The van der Waals surface area contributed by atoms with Crippen molar-refractivity contribution in [1.29, 1.82) is 0 Å². The van der Waals surface area contributed by atoms with Gasteiger partial charge in [-0.15, -0.1) is 0 Å². The summed E-state index contributed by atoms with van der Waals surface area (Å²) in [5.41, 5.74) is 8.98. The summed E-state index contributed by atoms with van der Waals surface area (Å²) in [5.74, 6) is 0.516. The van der Waals surface area contributed by atoms with Gasteiger partial charge in [0, 0.05) is 30.1 Å². The van der Waals surface area contributed by atoms with Crippen LogP contribution in [-0.2, 0) is 10.2 Å². The predicted molar refractivity (Wildman–Crippen MR) is 123 cm³/mol. The Bertz CT molecular complexity index is 1100. The first kappa shape index (κ1) is 22.0. The molecular formula is C25H29FN4O2. The molecule has 1 aromatic heterocycles. The van der Waals surface area contributed by atoms with Gasteiger partial charge in [-0.25, -0.2) is 4.39 Å². The lowest BCUT2D eigenvalue weighted by Crippen LogP contribution is -2.50. The number of halogens is 1. The van der Waals surface area contributed by atoms with Gasteiger partial charge in [0.15, 0.2) is 5.96 Å². The summed E-state index contributed by atoms with van der Waals surface area (Å²) in [6.07, 6.45) is 0.174. The molecule has 0 saturated carbocycles. The van der Waals surface area contributed by atoms with Gasteiger partial charge >= 0.3 is 0 Å². The van der Waals surface area contributed by atoms with Gasteiger partial charge in [0.1, 0.15) is 5.82 Å². The quantitative estimate of drug-likeness (QED) is 0.467. The summed E-state index contributed by atoms with van der Waals surface area (Å²) in [6, 6.07) is 16.4. The number of hydrogen-bond donors (Lipinski definition) is 1. The molecule has 32 heavy (non-hydrogen) atoms. The first-order valence-corrected chi connectivity index (χ1v) is 10.8. The fourth-order valence-corrected chi connectivity index (χ4v) is 4.07. The Morgan fingerprint density at radius 3 is 2.41 bits per heavy atom. The molecule has 3 aromatic rings. The molecule has 2 heterocycles. The molecule has 168 valence electrons. The molecule has 4 rings (SSSR count). The number of nitrogens with zero attached hydrogens (tertiary/aromatic N) is 3. The molecule has 0 aliphatic carbocycles. The highest BCUT2D eigenvalue weighted by molar-refractivity contribution is 5.80. The van der Waals surface area contributed by atoms with E-state index in [9.17, 15) is 4.39 Å². The van der Waals surface area contributed by atoms with Crippen LogP contribution in [0, 0.1) is 5.82 Å². The number of aromatic nitrogens is 1. The van der Waals surface area contributed by atoms with E-state index in [4.69, 9.17) is 15.0 Å². The van der Waals surface area contributed by atoms with Crippen molar-refractivity contribution in [3.63, 3.8) is 0 Å². The van der Waals surface area contributed by atoms with E-state index >= 15 is 0 Å². The van der Waals surface area contributed by atoms with Crippen molar-refractivity contribution in [3.8, 4) is 11.1 Å². The van der Waals surface area contributed by atoms with Crippen LogP contribution in [0.3, 0.4) is 0 Å². The number of aliphatic imine (C=N–C) groups is 1. The van der Waals surface area contributed by atoms with Crippen LogP contribution in [0.1, 0.15) is 39.0 Å². The van der Waals surface area contributed by atoms with E-state index in [0.717, 1.165) is 16.8 Å². The molecule has 2 atom stereocenters. The number of rotatable bonds is 4. The van der Waals surface area contributed by atoms with Gasteiger partial charge in [0.25, 0.3) is 5.88 Å². The van der Waals surface area contributed by atoms with Crippen LogP contribution in [0.5, 0.6) is 0 Å². The Kier molecular flexibility index (Phi) is 6.02. The second-order valence-electron chi connectivity index (χ2n) is 8.86. The molecule has 2 unspecified atom stereocenters. The van der Waals surface area contributed by atoms with Gasteiger partial charge in [0.2, 0.25) is 0 Å². The molecule has 1 fully saturated rings. The minimum absolute atomic E-state index is 0.0871. The molecule has 2 aromatic carbocycles. The average Bonchev–Trinajstić information content (AvgIpc) is 3.23. The zero-order chi connectivity index (χ0) is 22.9. The smallest absolute Gasteiger partial charge is 0.253 e. The van der Waals surface area contributed by atoms with Gasteiger partial charge < -0.3 is 19.9 Å². The number of morpholine rings is 1. The zero-order valence-corrected chi connectivity index (χ0v) is 18.9. The van der Waals surface area contributed by atoms with Crippen molar-refractivity contribution in [2.75, 3.05) is 13.1 Å². The van der Waals surface area contributed by atoms with Crippen LogP contribution < -0.4 is 5.73 Å². The second kappa shape index (κ2) is 8.74. The highest BCUT2D eigenvalue weighted by Gasteiger charge is 2.28. The number of nitrogens with two attached hydrogens (primary N) is 1. The molecule has 7 heteroatoms. The number of guanidine groups is 1. The maximum Gasteiger partial charge on any atom is 0.253 e. The van der Waals surface area contributed by atoms with E-state index in [2.05, 4.69) is 24.0 Å². The van der Waals surface area contributed by atoms with Gasteiger partial charge in [-0.05, 0) is 31.0 Å². The Morgan fingerprint density at radius 2 is 1.75 bits per heavy atom. The lowest BCUT2D eigenvalue weighted by Gasteiger charge is -2.35. The number of hydrogen-bond acceptors (Lipinski definition) is 4. The Hall–Kier alpha value is -3.19. The fourth-order valence-electron chi connectivity index (χ4n) is 4.07. The average molecular weight is 437 g/mol. The zero-order valence-electron chi connectivity index (χ0n) is 18.9. The molecule has 1 aliphatic heterocycles. The third-order valence-electron chi connectivity index (χ3n) is 5.90. The second-order valence-corrected chi connectivity index (χ2v) is 8.86. The van der Waals surface area contributed by atoms with E-state index in [1.54, 1.807) is 12.1 Å². The Labute approximate surface area is 187 Å². The van der Waals surface area contributed by atoms with Crippen molar-refractivity contribution in [3.05, 3.63) is 71.7 Å².